The molecule has 0 aliphatic rings. The number of likely N-dealkylation sites (N-methyl/N-ethyl adjacent to an activating group) is 1. The summed E-state index contributed by atoms with van der Waals surface area (Å²) in [6.07, 6.45) is 0. The van der Waals surface area contributed by atoms with Gasteiger partial charge in [-0.25, -0.2) is 9.78 Å². The summed E-state index contributed by atoms with van der Waals surface area (Å²) in [6.45, 7) is 3.62. The second kappa shape index (κ2) is 13.5. The van der Waals surface area contributed by atoms with Crippen molar-refractivity contribution in [3.63, 3.8) is 0 Å². The minimum Gasteiger partial charge on any atom is -0.487 e. The molecule has 0 aliphatic heterocycles. The lowest BCUT2D eigenvalue weighted by molar-refractivity contribution is -0.117. The number of fused-ring (bicyclic) bond motifs is 1. The Hall–Kier alpha value is -4.34. The zero-order chi connectivity index (χ0) is 30.4. The predicted octanol–water partition coefficient (Wildman–Crippen LogP) is 6.50. The van der Waals surface area contributed by atoms with Crippen LogP contribution in [0.5, 0.6) is 5.75 Å². The van der Waals surface area contributed by atoms with Crippen LogP contribution in [0, 0.1) is 6.92 Å². The number of aromatic nitrogens is 1. The quantitative estimate of drug-likeness (QED) is 0.167. The van der Waals surface area contributed by atoms with E-state index in [2.05, 4.69) is 20.7 Å². The second-order valence-electron chi connectivity index (χ2n) is 9.80. The number of carbonyl (C=O) groups excluding carboxylic acids is 2. The number of hydrazone groups is 1. The molecule has 0 radical (unpaired) electrons. The van der Waals surface area contributed by atoms with Gasteiger partial charge >= 0.3 is 6.03 Å². The lowest BCUT2D eigenvalue weighted by Gasteiger charge is -2.21. The highest BCUT2D eigenvalue weighted by molar-refractivity contribution is 6.38. The van der Waals surface area contributed by atoms with E-state index in [1.165, 1.54) is 4.90 Å². The van der Waals surface area contributed by atoms with Crippen LogP contribution in [0.1, 0.15) is 23.7 Å². The fraction of sp³-hybridized carbons (Fsp3) is 0.226. The molecule has 0 fully saturated rings. The van der Waals surface area contributed by atoms with E-state index in [1.807, 2.05) is 76.5 Å². The molecule has 42 heavy (non-hydrogen) atoms. The number of rotatable bonds is 9. The molecule has 9 nitrogen and oxygen atoms in total. The number of halogens is 2. The number of pyridine rings is 1. The Morgan fingerprint density at radius 2 is 1.76 bits per heavy atom. The van der Waals surface area contributed by atoms with Crippen molar-refractivity contribution >= 4 is 63.1 Å². The second-order valence-corrected chi connectivity index (χ2v) is 10.6. The molecule has 0 atom stereocenters. The third-order valence-electron chi connectivity index (χ3n) is 6.38. The monoisotopic (exact) mass is 606 g/mol. The number of benzene rings is 3. The van der Waals surface area contributed by atoms with Crippen molar-refractivity contribution in [3.05, 3.63) is 93.6 Å². The van der Waals surface area contributed by atoms with Gasteiger partial charge in [0, 0.05) is 48.5 Å². The zero-order valence-corrected chi connectivity index (χ0v) is 25.5. The molecule has 2 N–H and O–H groups in total. The summed E-state index contributed by atoms with van der Waals surface area (Å²) in [4.78, 5) is 31.5. The third kappa shape index (κ3) is 7.48. The maximum absolute atomic E-state index is 13.0. The van der Waals surface area contributed by atoms with Crippen molar-refractivity contribution in [1.82, 2.24) is 15.3 Å². The summed E-state index contributed by atoms with van der Waals surface area (Å²) < 4.78 is 6.08. The molecule has 3 aromatic carbocycles. The fourth-order valence-electron chi connectivity index (χ4n) is 4.22. The Morgan fingerprint density at radius 1 is 1.00 bits per heavy atom. The highest BCUT2D eigenvalue weighted by atomic mass is 35.5. The Morgan fingerprint density at radius 3 is 2.52 bits per heavy atom. The first-order chi connectivity index (χ1) is 20.0. The maximum atomic E-state index is 13.0. The first-order valence-electron chi connectivity index (χ1n) is 13.1. The van der Waals surface area contributed by atoms with E-state index in [9.17, 15) is 9.59 Å². The molecular weight excluding hydrogens is 575 g/mol. The number of carbonyl (C=O) groups is 2. The van der Waals surface area contributed by atoms with Crippen molar-refractivity contribution in [2.24, 2.45) is 5.10 Å². The van der Waals surface area contributed by atoms with E-state index >= 15 is 0 Å². The van der Waals surface area contributed by atoms with Crippen LogP contribution in [-0.2, 0) is 11.4 Å². The van der Waals surface area contributed by atoms with E-state index in [1.54, 1.807) is 30.3 Å². The van der Waals surface area contributed by atoms with Gasteiger partial charge in [0.2, 0.25) is 5.91 Å². The largest absolute Gasteiger partial charge is 0.487 e. The molecule has 4 rings (SSSR count). The van der Waals surface area contributed by atoms with Crippen LogP contribution in [0.15, 0.2) is 71.8 Å². The first-order valence-corrected chi connectivity index (χ1v) is 13.9. The minimum absolute atomic E-state index is 0.0702. The van der Waals surface area contributed by atoms with Gasteiger partial charge in [0.05, 0.1) is 23.0 Å². The number of hydrogen-bond acceptors (Lipinski definition) is 6. The molecule has 0 unspecified atom stereocenters. The van der Waals surface area contributed by atoms with Crippen molar-refractivity contribution in [1.29, 1.82) is 0 Å². The van der Waals surface area contributed by atoms with Gasteiger partial charge in [0.1, 0.15) is 17.9 Å². The molecule has 3 amide bonds. The van der Waals surface area contributed by atoms with Gasteiger partial charge < -0.3 is 25.3 Å². The molecule has 0 saturated carbocycles. The number of nitrogens with zero attached hydrogens (tertiary/aromatic N) is 4. The van der Waals surface area contributed by atoms with Crippen molar-refractivity contribution in [3.8, 4) is 5.75 Å². The lowest BCUT2D eigenvalue weighted by atomic mass is 10.1. The molecule has 0 spiro atoms. The number of hydrogen-bond donors (Lipinski definition) is 2. The number of urea groups is 1. The predicted molar refractivity (Wildman–Crippen MR) is 170 cm³/mol. The summed E-state index contributed by atoms with van der Waals surface area (Å²) in [5.74, 6) is 0.219. The van der Waals surface area contributed by atoms with Gasteiger partial charge in [-0.05, 0) is 55.8 Å². The summed E-state index contributed by atoms with van der Waals surface area (Å²) >= 11 is 13.2. The van der Waals surface area contributed by atoms with Crippen LogP contribution in [0.3, 0.4) is 0 Å². The Balaban J connectivity index is 1.40. The topological polar surface area (TPSA) is 99.2 Å². The number of aryl methyl sites for hydroxylation is 1. The summed E-state index contributed by atoms with van der Waals surface area (Å²) in [5, 5.41) is 13.1. The Kier molecular flexibility index (Phi) is 9.88. The smallest absolute Gasteiger partial charge is 0.319 e. The Bertz CT molecular complexity index is 1660. The highest BCUT2D eigenvalue weighted by Gasteiger charge is 2.19. The van der Waals surface area contributed by atoms with Gasteiger partial charge in [0.15, 0.2) is 0 Å². The van der Waals surface area contributed by atoms with Gasteiger partial charge in [-0.3, -0.25) is 4.79 Å². The molecule has 4 aromatic rings. The van der Waals surface area contributed by atoms with Crippen molar-refractivity contribution in [2.75, 3.05) is 37.9 Å². The van der Waals surface area contributed by atoms with Crippen LogP contribution in [0.25, 0.3) is 10.9 Å². The van der Waals surface area contributed by atoms with Crippen molar-refractivity contribution < 1.29 is 14.3 Å². The average Bonchev–Trinajstić information content (AvgIpc) is 2.95. The van der Waals surface area contributed by atoms with Crippen molar-refractivity contribution in [2.45, 2.75) is 20.5 Å². The van der Waals surface area contributed by atoms with Gasteiger partial charge in [-0.15, -0.1) is 0 Å². The third-order valence-corrected chi connectivity index (χ3v) is 7.16. The van der Waals surface area contributed by atoms with Gasteiger partial charge in [-0.2, -0.15) is 5.10 Å². The molecule has 1 heterocycles. The zero-order valence-electron chi connectivity index (χ0n) is 24.0. The standard InChI is InChI=1S/C31H32Cl2N6O3/c1-19-12-13-21-8-7-11-27(30(21)35-19)42-18-24-25(32)14-15-26(29(24)33)39(5)28(40)17-34-31(41)36-23-10-6-9-22(16-23)20(2)37-38(3)4/h6-16H,17-18H2,1-5H3,(H2,34,36,41)/b37-20+. The molecule has 218 valence electrons. The molecule has 11 heteroatoms. The normalized spacial score (nSPS) is 11.3. The van der Waals surface area contributed by atoms with Crippen LogP contribution < -0.4 is 20.3 Å². The molecule has 1 aromatic heterocycles. The van der Waals surface area contributed by atoms with E-state index in [0.717, 1.165) is 27.9 Å². The summed E-state index contributed by atoms with van der Waals surface area (Å²) in [7, 11) is 5.25. The van der Waals surface area contributed by atoms with Gasteiger partial charge in [0.25, 0.3) is 0 Å². The average molecular weight is 608 g/mol. The number of amides is 3. The van der Waals surface area contributed by atoms with Crippen LogP contribution in [0.2, 0.25) is 10.0 Å². The molecule has 0 bridgehead atoms. The van der Waals surface area contributed by atoms with E-state index in [4.69, 9.17) is 27.9 Å². The number of para-hydroxylation sites is 1. The van der Waals surface area contributed by atoms with E-state index in [0.29, 0.717) is 27.7 Å². The van der Waals surface area contributed by atoms with Crippen LogP contribution >= 0.6 is 23.2 Å². The number of ether oxygens (including phenoxy) is 1. The Labute approximate surface area is 255 Å². The van der Waals surface area contributed by atoms with Gasteiger partial charge in [-0.1, -0.05) is 53.5 Å². The fourth-order valence-corrected chi connectivity index (χ4v) is 4.83. The molecular formula is C31H32Cl2N6O3. The molecule has 0 aliphatic carbocycles. The number of nitrogens with one attached hydrogen (secondary N) is 2. The highest BCUT2D eigenvalue weighted by Crippen LogP contribution is 2.35. The molecule has 0 saturated heterocycles. The van der Waals surface area contributed by atoms with Crippen LogP contribution in [0.4, 0.5) is 16.2 Å². The SMILES string of the molecule is C/C(=N\N(C)C)c1cccc(NC(=O)NCC(=O)N(C)c2ccc(Cl)c(COc3cccc4ccc(C)nc34)c2Cl)c1. The summed E-state index contributed by atoms with van der Waals surface area (Å²) in [6, 6.07) is 19.7. The van der Waals surface area contributed by atoms with E-state index in [-0.39, 0.29) is 24.1 Å². The first kappa shape index (κ1) is 30.6. The maximum Gasteiger partial charge on any atom is 0.319 e. The summed E-state index contributed by atoms with van der Waals surface area (Å²) in [5.41, 5.74) is 4.80. The number of anilines is 2. The lowest BCUT2D eigenvalue weighted by Crippen LogP contribution is -2.40. The van der Waals surface area contributed by atoms with Crippen LogP contribution in [-0.4, -0.2) is 55.3 Å². The van der Waals surface area contributed by atoms with E-state index < -0.39 is 6.03 Å². The minimum atomic E-state index is -0.522.